The Morgan fingerprint density at radius 1 is 1.08 bits per heavy atom. The second-order valence-corrected chi connectivity index (χ2v) is 10.7. The van der Waals surface area contributed by atoms with Gasteiger partial charge in [-0.05, 0) is 85.4 Å². The average molecular weight is 518 g/mol. The molecular weight excluding hydrogens is 474 g/mol. The molecule has 2 rings (SSSR count). The highest BCUT2D eigenvalue weighted by Gasteiger charge is 2.35. The Kier molecular flexibility index (Phi) is 10.9. The summed E-state index contributed by atoms with van der Waals surface area (Å²) in [6.07, 6.45) is 2.99. The van der Waals surface area contributed by atoms with E-state index in [0.717, 1.165) is 31.2 Å². The maximum Gasteiger partial charge on any atom is 0.407 e. The molecular formula is C28H43N3O6. The van der Waals surface area contributed by atoms with Gasteiger partial charge in [0.2, 0.25) is 5.91 Å². The normalized spacial score (nSPS) is 14.8. The van der Waals surface area contributed by atoms with Crippen molar-refractivity contribution in [3.05, 3.63) is 29.3 Å². The summed E-state index contributed by atoms with van der Waals surface area (Å²) in [5.74, 6) is -0.829. The summed E-state index contributed by atoms with van der Waals surface area (Å²) in [6, 6.07) is 5.09. The number of amides is 3. The van der Waals surface area contributed by atoms with Crippen molar-refractivity contribution < 1.29 is 28.7 Å². The summed E-state index contributed by atoms with van der Waals surface area (Å²) in [6.45, 7) is 13.5. The highest BCUT2D eigenvalue weighted by Crippen LogP contribution is 2.30. The first-order valence-electron chi connectivity index (χ1n) is 13.2. The van der Waals surface area contributed by atoms with Gasteiger partial charge in [-0.1, -0.05) is 12.5 Å². The molecule has 0 aliphatic carbocycles. The number of alkyl carbamates (subject to hydrolysis) is 1. The molecule has 1 atom stereocenters. The molecule has 206 valence electrons. The van der Waals surface area contributed by atoms with Crippen LogP contribution in [0.3, 0.4) is 0 Å². The lowest BCUT2D eigenvalue weighted by atomic mass is 10.0. The van der Waals surface area contributed by atoms with Crippen LogP contribution in [0.1, 0.15) is 90.1 Å². The first kappa shape index (κ1) is 30.1. The molecule has 1 aromatic rings. The maximum atomic E-state index is 13.6. The van der Waals surface area contributed by atoms with Gasteiger partial charge in [0.1, 0.15) is 12.1 Å². The van der Waals surface area contributed by atoms with Gasteiger partial charge in [0, 0.05) is 18.6 Å². The second-order valence-electron chi connectivity index (χ2n) is 10.7. The smallest absolute Gasteiger partial charge is 0.407 e. The molecule has 9 nitrogen and oxygen atoms in total. The van der Waals surface area contributed by atoms with E-state index < -0.39 is 23.7 Å². The van der Waals surface area contributed by atoms with Crippen molar-refractivity contribution in [3.8, 4) is 0 Å². The topological polar surface area (TPSA) is 105 Å². The number of anilines is 1. The van der Waals surface area contributed by atoms with Crippen LogP contribution in [0.15, 0.2) is 18.2 Å². The number of aryl methyl sites for hydroxylation is 1. The molecule has 0 radical (unpaired) electrons. The molecule has 37 heavy (non-hydrogen) atoms. The van der Waals surface area contributed by atoms with Gasteiger partial charge < -0.3 is 24.6 Å². The molecule has 1 N–H and O–H groups in total. The van der Waals surface area contributed by atoms with Crippen LogP contribution in [0.5, 0.6) is 0 Å². The molecule has 0 saturated heterocycles. The molecule has 0 aromatic heterocycles. The van der Waals surface area contributed by atoms with Gasteiger partial charge in [-0.2, -0.15) is 0 Å². The lowest BCUT2D eigenvalue weighted by Crippen LogP contribution is -2.46. The van der Waals surface area contributed by atoms with Crippen LogP contribution < -0.4 is 10.2 Å². The van der Waals surface area contributed by atoms with E-state index in [1.807, 2.05) is 52.8 Å². The molecule has 1 aliphatic heterocycles. The molecule has 1 unspecified atom stereocenters. The SMILES string of the molecule is CCOC(=O)CC(C)N1CC(=O)N(C(C)C)c2ccc(CCCCCNC(=O)OC(C)(C)C)cc2C1=O. The number of ether oxygens (including phenoxy) is 2. The van der Waals surface area contributed by atoms with Gasteiger partial charge in [0.25, 0.3) is 5.91 Å². The summed E-state index contributed by atoms with van der Waals surface area (Å²) >= 11 is 0. The predicted octanol–water partition coefficient (Wildman–Crippen LogP) is 4.46. The van der Waals surface area contributed by atoms with Crippen molar-refractivity contribution in [1.82, 2.24) is 10.2 Å². The molecule has 3 amide bonds. The van der Waals surface area contributed by atoms with Crippen LogP contribution in [0.4, 0.5) is 10.5 Å². The van der Waals surface area contributed by atoms with Gasteiger partial charge in [-0.3, -0.25) is 14.4 Å². The molecule has 0 saturated carbocycles. The first-order chi connectivity index (χ1) is 17.3. The summed E-state index contributed by atoms with van der Waals surface area (Å²) in [7, 11) is 0. The quantitative estimate of drug-likeness (QED) is 0.343. The lowest BCUT2D eigenvalue weighted by Gasteiger charge is -2.28. The Balaban J connectivity index is 2.08. The van der Waals surface area contributed by atoms with E-state index in [9.17, 15) is 19.2 Å². The number of fused-ring (bicyclic) bond motifs is 1. The van der Waals surface area contributed by atoms with Crippen LogP contribution in [-0.4, -0.2) is 66.2 Å². The zero-order valence-corrected chi connectivity index (χ0v) is 23.4. The van der Waals surface area contributed by atoms with Crippen LogP contribution >= 0.6 is 0 Å². The largest absolute Gasteiger partial charge is 0.466 e. The van der Waals surface area contributed by atoms with E-state index in [0.29, 0.717) is 17.8 Å². The van der Waals surface area contributed by atoms with Gasteiger partial charge in [0.15, 0.2) is 0 Å². The number of benzene rings is 1. The van der Waals surface area contributed by atoms with Crippen molar-refractivity contribution in [2.24, 2.45) is 0 Å². The zero-order valence-electron chi connectivity index (χ0n) is 23.4. The van der Waals surface area contributed by atoms with E-state index >= 15 is 0 Å². The van der Waals surface area contributed by atoms with Gasteiger partial charge >= 0.3 is 12.1 Å². The zero-order chi connectivity index (χ0) is 27.8. The number of unbranched alkanes of at least 4 members (excludes halogenated alkanes) is 2. The lowest BCUT2D eigenvalue weighted by molar-refractivity contribution is -0.144. The molecule has 1 aromatic carbocycles. The Hall–Kier alpha value is -3.10. The average Bonchev–Trinajstić information content (AvgIpc) is 2.89. The summed E-state index contributed by atoms with van der Waals surface area (Å²) in [4.78, 5) is 53.7. The highest BCUT2D eigenvalue weighted by atomic mass is 16.6. The van der Waals surface area contributed by atoms with Crippen molar-refractivity contribution in [3.63, 3.8) is 0 Å². The third kappa shape index (κ3) is 9.05. The number of esters is 1. The van der Waals surface area contributed by atoms with Crippen molar-refractivity contribution in [2.45, 2.75) is 98.3 Å². The van der Waals surface area contributed by atoms with Crippen LogP contribution in [0.2, 0.25) is 0 Å². The minimum atomic E-state index is -0.519. The van der Waals surface area contributed by atoms with Gasteiger partial charge in [-0.25, -0.2) is 4.79 Å². The predicted molar refractivity (Wildman–Crippen MR) is 143 cm³/mol. The number of hydrogen-bond acceptors (Lipinski definition) is 6. The van der Waals surface area contributed by atoms with Crippen molar-refractivity contribution in [2.75, 3.05) is 24.6 Å². The van der Waals surface area contributed by atoms with Gasteiger partial charge in [-0.15, -0.1) is 0 Å². The van der Waals surface area contributed by atoms with E-state index in [1.165, 1.54) is 4.90 Å². The fourth-order valence-corrected chi connectivity index (χ4v) is 4.33. The molecule has 0 fully saturated rings. The maximum absolute atomic E-state index is 13.6. The van der Waals surface area contributed by atoms with Crippen LogP contribution in [0.25, 0.3) is 0 Å². The van der Waals surface area contributed by atoms with E-state index in [4.69, 9.17) is 9.47 Å². The minimum absolute atomic E-state index is 0.0287. The van der Waals surface area contributed by atoms with Crippen molar-refractivity contribution >= 4 is 29.6 Å². The fraction of sp³-hybridized carbons (Fsp3) is 0.643. The number of carbonyl (C=O) groups is 4. The second kappa shape index (κ2) is 13.4. The van der Waals surface area contributed by atoms with Crippen LogP contribution in [0, 0.1) is 0 Å². The fourth-order valence-electron chi connectivity index (χ4n) is 4.33. The Morgan fingerprint density at radius 3 is 2.41 bits per heavy atom. The van der Waals surface area contributed by atoms with E-state index in [1.54, 1.807) is 18.7 Å². The molecule has 1 aliphatic rings. The summed E-state index contributed by atoms with van der Waals surface area (Å²) in [5.41, 5.74) is 1.55. The minimum Gasteiger partial charge on any atom is -0.466 e. The number of nitrogens with zero attached hydrogens (tertiary/aromatic N) is 2. The number of nitrogens with one attached hydrogen (secondary N) is 1. The number of rotatable bonds is 11. The molecule has 0 bridgehead atoms. The number of hydrogen-bond donors (Lipinski definition) is 1. The summed E-state index contributed by atoms with van der Waals surface area (Å²) in [5, 5.41) is 2.77. The third-order valence-electron chi connectivity index (χ3n) is 6.01. The van der Waals surface area contributed by atoms with Gasteiger partial charge in [0.05, 0.1) is 24.3 Å². The third-order valence-corrected chi connectivity index (χ3v) is 6.01. The Morgan fingerprint density at radius 2 is 1.78 bits per heavy atom. The Labute approximate surface area is 220 Å². The monoisotopic (exact) mass is 517 g/mol. The van der Waals surface area contributed by atoms with Crippen molar-refractivity contribution in [1.29, 1.82) is 0 Å². The van der Waals surface area contributed by atoms with E-state index in [2.05, 4.69) is 5.32 Å². The first-order valence-corrected chi connectivity index (χ1v) is 13.2. The molecule has 0 spiro atoms. The highest BCUT2D eigenvalue weighted by molar-refractivity contribution is 6.10. The van der Waals surface area contributed by atoms with Crippen LogP contribution in [-0.2, 0) is 25.5 Å². The Bertz CT molecular complexity index is 969. The molecule has 9 heteroatoms. The van der Waals surface area contributed by atoms with E-state index in [-0.39, 0.29) is 37.4 Å². The summed E-state index contributed by atoms with van der Waals surface area (Å²) < 4.78 is 10.3. The number of carbonyl (C=O) groups excluding carboxylic acids is 4. The standard InChI is InChI=1S/C28H43N3O6/c1-8-36-25(33)16-20(4)30-18-24(32)31(19(2)3)23-14-13-21(17-22(23)26(30)34)12-10-9-11-15-29-27(35)37-28(5,6)7/h13-14,17,19-20H,8-12,15-16,18H2,1-7H3,(H,29,35). The molecule has 1 heterocycles.